The quantitative estimate of drug-likeness (QED) is 0.485. The van der Waals surface area contributed by atoms with Gasteiger partial charge in [0.25, 0.3) is 5.69 Å². The number of hydrogen-bond acceptors (Lipinski definition) is 4. The Kier molecular flexibility index (Phi) is 5.48. The van der Waals surface area contributed by atoms with Gasteiger partial charge in [-0.2, -0.15) is 5.26 Å². The Bertz CT molecular complexity index is 759. The smallest absolute Gasteiger partial charge is 0.287 e. The van der Waals surface area contributed by atoms with Gasteiger partial charge in [-0.1, -0.05) is 31.2 Å². The molecule has 0 bridgehead atoms. The van der Waals surface area contributed by atoms with Crippen LogP contribution in [0.15, 0.2) is 42.5 Å². The van der Waals surface area contributed by atoms with Crippen LogP contribution in [0.4, 0.5) is 11.4 Å². The summed E-state index contributed by atoms with van der Waals surface area (Å²) < 4.78 is 0. The van der Waals surface area contributed by atoms with Crippen LogP contribution in [-0.4, -0.2) is 11.5 Å². The number of nitrogens with one attached hydrogen (secondary N) is 1. The molecule has 1 N–H and O–H groups in total. The van der Waals surface area contributed by atoms with Crippen LogP contribution >= 0.6 is 0 Å². The molecule has 2 aromatic rings. The summed E-state index contributed by atoms with van der Waals surface area (Å²) in [6, 6.07) is 14.4. The number of anilines is 1. The molecule has 5 heteroatoms. The minimum absolute atomic E-state index is 0.0660. The molecule has 5 nitrogen and oxygen atoms in total. The van der Waals surface area contributed by atoms with Crippen molar-refractivity contribution in [3.8, 4) is 6.07 Å². The molecule has 0 atom stereocenters. The van der Waals surface area contributed by atoms with Crippen molar-refractivity contribution in [2.75, 3.05) is 11.9 Å². The molecular formula is C18H17N3O2. The zero-order valence-electron chi connectivity index (χ0n) is 12.8. The maximum atomic E-state index is 10.8. The Balaban J connectivity index is 2.14. The maximum absolute atomic E-state index is 10.8. The number of nitro groups is 1. The van der Waals surface area contributed by atoms with Gasteiger partial charge in [-0.05, 0) is 41.8 Å². The monoisotopic (exact) mass is 307 g/mol. The Morgan fingerprint density at radius 3 is 2.43 bits per heavy atom. The normalized spacial score (nSPS) is 10.4. The standard InChI is InChI=1S/C18H17N3O2/c1-2-11-20-17-8-5-14(6-9-17)3-4-15-7-10-18(21(22)23)16(12-15)13-19/h3-10,12,20H,2,11H2,1H3. The van der Waals surface area contributed by atoms with Crippen LogP contribution in [0.3, 0.4) is 0 Å². The molecule has 0 aliphatic carbocycles. The summed E-state index contributed by atoms with van der Waals surface area (Å²) in [5.41, 5.74) is 2.74. The first-order chi connectivity index (χ1) is 11.1. The van der Waals surface area contributed by atoms with Crippen LogP contribution < -0.4 is 5.32 Å². The first-order valence-corrected chi connectivity index (χ1v) is 7.34. The molecule has 2 rings (SSSR count). The van der Waals surface area contributed by atoms with Crippen molar-refractivity contribution in [2.45, 2.75) is 13.3 Å². The summed E-state index contributed by atoms with van der Waals surface area (Å²) >= 11 is 0. The van der Waals surface area contributed by atoms with Crippen molar-refractivity contribution >= 4 is 23.5 Å². The van der Waals surface area contributed by atoms with E-state index in [-0.39, 0.29) is 11.3 Å². The van der Waals surface area contributed by atoms with Gasteiger partial charge < -0.3 is 5.32 Å². The average molecular weight is 307 g/mol. The molecule has 0 aliphatic rings. The molecule has 0 amide bonds. The number of nitrogens with zero attached hydrogens (tertiary/aromatic N) is 2. The number of nitriles is 1. The van der Waals surface area contributed by atoms with Crippen molar-refractivity contribution in [1.29, 1.82) is 5.26 Å². The maximum Gasteiger partial charge on any atom is 0.287 e. The molecule has 0 saturated carbocycles. The van der Waals surface area contributed by atoms with E-state index in [1.807, 2.05) is 42.5 Å². The molecule has 0 spiro atoms. The number of rotatable bonds is 6. The Labute approximate surface area is 135 Å². The van der Waals surface area contributed by atoms with Crippen LogP contribution in [0, 0.1) is 21.4 Å². The van der Waals surface area contributed by atoms with Crippen LogP contribution in [-0.2, 0) is 0 Å². The van der Waals surface area contributed by atoms with Gasteiger partial charge in [0.05, 0.1) is 4.92 Å². The zero-order valence-corrected chi connectivity index (χ0v) is 12.8. The van der Waals surface area contributed by atoms with E-state index in [4.69, 9.17) is 5.26 Å². The van der Waals surface area contributed by atoms with E-state index in [0.29, 0.717) is 0 Å². The topological polar surface area (TPSA) is 79.0 Å². The Hall–Kier alpha value is -3.13. The summed E-state index contributed by atoms with van der Waals surface area (Å²) in [5.74, 6) is 0. The van der Waals surface area contributed by atoms with Gasteiger partial charge in [0.15, 0.2) is 0 Å². The van der Waals surface area contributed by atoms with Crippen molar-refractivity contribution in [3.05, 3.63) is 69.3 Å². The third-order valence-electron chi connectivity index (χ3n) is 3.30. The second-order valence-corrected chi connectivity index (χ2v) is 5.03. The lowest BCUT2D eigenvalue weighted by Crippen LogP contribution is -1.98. The summed E-state index contributed by atoms with van der Waals surface area (Å²) in [5, 5.41) is 23.1. The zero-order chi connectivity index (χ0) is 16.7. The predicted molar refractivity (Wildman–Crippen MR) is 92.0 cm³/mol. The van der Waals surface area contributed by atoms with Crippen molar-refractivity contribution in [1.82, 2.24) is 0 Å². The average Bonchev–Trinajstić information content (AvgIpc) is 2.58. The van der Waals surface area contributed by atoms with Gasteiger partial charge in [0.1, 0.15) is 11.6 Å². The van der Waals surface area contributed by atoms with E-state index in [1.165, 1.54) is 12.1 Å². The highest BCUT2D eigenvalue weighted by Crippen LogP contribution is 2.20. The van der Waals surface area contributed by atoms with Gasteiger partial charge in [0, 0.05) is 18.3 Å². The van der Waals surface area contributed by atoms with Gasteiger partial charge in [-0.3, -0.25) is 10.1 Å². The first kappa shape index (κ1) is 16.2. The lowest BCUT2D eigenvalue weighted by Gasteiger charge is -2.04. The Morgan fingerprint density at radius 1 is 1.17 bits per heavy atom. The summed E-state index contributed by atoms with van der Waals surface area (Å²) in [6.45, 7) is 3.05. The number of nitro benzene ring substituents is 1. The molecule has 116 valence electrons. The third kappa shape index (κ3) is 4.42. The molecule has 0 saturated heterocycles. The lowest BCUT2D eigenvalue weighted by molar-refractivity contribution is -0.385. The number of hydrogen-bond donors (Lipinski definition) is 1. The fourth-order valence-corrected chi connectivity index (χ4v) is 2.08. The van der Waals surface area contributed by atoms with Crippen LogP contribution in [0.2, 0.25) is 0 Å². The Morgan fingerprint density at radius 2 is 1.83 bits per heavy atom. The molecule has 2 aromatic carbocycles. The van der Waals surface area contributed by atoms with E-state index in [9.17, 15) is 10.1 Å². The van der Waals surface area contributed by atoms with Crippen molar-refractivity contribution in [3.63, 3.8) is 0 Å². The molecular weight excluding hydrogens is 290 g/mol. The molecule has 23 heavy (non-hydrogen) atoms. The highest BCUT2D eigenvalue weighted by Gasteiger charge is 2.12. The van der Waals surface area contributed by atoms with Gasteiger partial charge in [-0.15, -0.1) is 0 Å². The fraction of sp³-hybridized carbons (Fsp3) is 0.167. The minimum Gasteiger partial charge on any atom is -0.385 e. The molecule has 0 heterocycles. The predicted octanol–water partition coefficient (Wildman–Crippen LogP) is 4.46. The second-order valence-electron chi connectivity index (χ2n) is 5.03. The SMILES string of the molecule is CCCNc1ccc(C=Cc2ccc([N+](=O)[O-])c(C#N)c2)cc1. The van der Waals surface area contributed by atoms with Crippen LogP contribution in [0.25, 0.3) is 12.2 Å². The van der Waals surface area contributed by atoms with Gasteiger partial charge >= 0.3 is 0 Å². The van der Waals surface area contributed by atoms with E-state index in [0.717, 1.165) is 29.8 Å². The molecule has 0 fully saturated rings. The van der Waals surface area contributed by atoms with Crippen LogP contribution in [0.1, 0.15) is 30.0 Å². The second kappa shape index (κ2) is 7.76. The van der Waals surface area contributed by atoms with Gasteiger partial charge in [0.2, 0.25) is 0 Å². The van der Waals surface area contributed by atoms with Crippen LogP contribution in [0.5, 0.6) is 0 Å². The van der Waals surface area contributed by atoms with E-state index in [2.05, 4.69) is 12.2 Å². The molecule has 0 radical (unpaired) electrons. The van der Waals surface area contributed by atoms with E-state index < -0.39 is 4.92 Å². The number of benzene rings is 2. The highest BCUT2D eigenvalue weighted by atomic mass is 16.6. The van der Waals surface area contributed by atoms with E-state index >= 15 is 0 Å². The summed E-state index contributed by atoms with van der Waals surface area (Å²) in [4.78, 5) is 10.3. The first-order valence-electron chi connectivity index (χ1n) is 7.34. The van der Waals surface area contributed by atoms with Crippen molar-refractivity contribution in [2.24, 2.45) is 0 Å². The van der Waals surface area contributed by atoms with Gasteiger partial charge in [-0.25, -0.2) is 0 Å². The summed E-state index contributed by atoms with van der Waals surface area (Å²) in [7, 11) is 0. The fourth-order valence-electron chi connectivity index (χ4n) is 2.08. The molecule has 0 aromatic heterocycles. The minimum atomic E-state index is -0.548. The third-order valence-corrected chi connectivity index (χ3v) is 3.30. The highest BCUT2D eigenvalue weighted by molar-refractivity contribution is 5.72. The molecule has 0 aliphatic heterocycles. The summed E-state index contributed by atoms with van der Waals surface area (Å²) in [6.07, 6.45) is 4.81. The molecule has 0 unspecified atom stereocenters. The largest absolute Gasteiger partial charge is 0.385 e. The van der Waals surface area contributed by atoms with E-state index in [1.54, 1.807) is 6.07 Å². The van der Waals surface area contributed by atoms with Crippen molar-refractivity contribution < 1.29 is 4.92 Å². The lowest BCUT2D eigenvalue weighted by atomic mass is 10.1.